The Hall–Kier alpha value is -8.60. The third-order valence-corrected chi connectivity index (χ3v) is 12.4. The van der Waals surface area contributed by atoms with E-state index in [1.165, 1.54) is 27.5 Å². The van der Waals surface area contributed by atoms with Crippen LogP contribution in [-0.2, 0) is 0 Å². The Morgan fingerprint density at radius 3 is 1.48 bits per heavy atom. The molecule has 64 heavy (non-hydrogen) atoms. The zero-order valence-electron chi connectivity index (χ0n) is 34.9. The fraction of sp³-hybridized carbons (Fsp3) is 0. The fourth-order valence-electron chi connectivity index (χ4n) is 9.44. The summed E-state index contributed by atoms with van der Waals surface area (Å²) in [6.07, 6.45) is 0. The molecule has 0 saturated heterocycles. The summed E-state index contributed by atoms with van der Waals surface area (Å²) in [4.78, 5) is 4.64. The van der Waals surface area contributed by atoms with Gasteiger partial charge in [0, 0.05) is 67.4 Å². The first-order valence-corrected chi connectivity index (χ1v) is 21.8. The number of rotatable bonds is 9. The molecule has 0 spiro atoms. The van der Waals surface area contributed by atoms with E-state index in [1.54, 1.807) is 0 Å². The number of hydrogen-bond donors (Lipinski definition) is 0. The van der Waals surface area contributed by atoms with Crippen LogP contribution >= 0.6 is 0 Å². The van der Waals surface area contributed by atoms with Crippen LogP contribution in [0.2, 0.25) is 0 Å². The lowest BCUT2D eigenvalue weighted by molar-refractivity contribution is 0.669. The Balaban J connectivity index is 0.966. The average Bonchev–Trinajstić information content (AvgIpc) is 3.91. The minimum atomic E-state index is 0.864. The molecular formula is C60H41N3O. The molecule has 0 unspecified atom stereocenters. The van der Waals surface area contributed by atoms with Crippen LogP contribution in [0.4, 0.5) is 34.1 Å². The molecule has 2 heterocycles. The van der Waals surface area contributed by atoms with Crippen LogP contribution in [0.25, 0.3) is 71.7 Å². The molecule has 12 rings (SSSR count). The maximum absolute atomic E-state index is 6.41. The van der Waals surface area contributed by atoms with Gasteiger partial charge in [-0.15, -0.1) is 0 Å². The molecule has 0 N–H and O–H groups in total. The van der Waals surface area contributed by atoms with Gasteiger partial charge in [0.2, 0.25) is 0 Å². The number of aromatic nitrogens is 1. The summed E-state index contributed by atoms with van der Waals surface area (Å²) in [6.45, 7) is 0. The van der Waals surface area contributed by atoms with Crippen molar-refractivity contribution in [2.75, 3.05) is 9.80 Å². The summed E-state index contributed by atoms with van der Waals surface area (Å²) in [5.74, 6) is 0. The second kappa shape index (κ2) is 15.7. The van der Waals surface area contributed by atoms with Crippen molar-refractivity contribution < 1.29 is 4.42 Å². The molecule has 0 fully saturated rings. The van der Waals surface area contributed by atoms with Crippen molar-refractivity contribution in [1.29, 1.82) is 0 Å². The van der Waals surface area contributed by atoms with Crippen molar-refractivity contribution in [3.8, 4) is 27.9 Å². The van der Waals surface area contributed by atoms with E-state index in [0.717, 1.165) is 78.3 Å². The molecule has 10 aromatic carbocycles. The number of fused-ring (bicyclic) bond motifs is 6. The number of hydrogen-bond acceptors (Lipinski definition) is 3. The quantitative estimate of drug-likeness (QED) is 0.145. The number of anilines is 6. The molecule has 12 aromatic rings. The van der Waals surface area contributed by atoms with Gasteiger partial charge in [0.05, 0.1) is 11.0 Å². The zero-order chi connectivity index (χ0) is 42.4. The SMILES string of the molecule is c1ccc(-c2ccc(N(c3ccc(-c4cccc5c4c4ccccc4n5-c4cccc(N(c5ccccc5)c5ccccc5)c4)cc3)c3ccc4c(c3)oc3ccccc34)cc2)cc1. The van der Waals surface area contributed by atoms with Gasteiger partial charge >= 0.3 is 0 Å². The highest BCUT2D eigenvalue weighted by Gasteiger charge is 2.20. The Labute approximate surface area is 371 Å². The highest BCUT2D eigenvalue weighted by Crippen LogP contribution is 2.43. The van der Waals surface area contributed by atoms with Gasteiger partial charge in [0.1, 0.15) is 11.2 Å². The molecule has 0 aliphatic rings. The van der Waals surface area contributed by atoms with Gasteiger partial charge < -0.3 is 18.8 Å². The highest BCUT2D eigenvalue weighted by atomic mass is 16.3. The van der Waals surface area contributed by atoms with Crippen LogP contribution < -0.4 is 9.80 Å². The van der Waals surface area contributed by atoms with Crippen LogP contribution in [-0.4, -0.2) is 4.57 Å². The summed E-state index contributed by atoms with van der Waals surface area (Å²) in [5.41, 5.74) is 16.3. The second-order valence-corrected chi connectivity index (χ2v) is 16.2. The van der Waals surface area contributed by atoms with Crippen LogP contribution in [0.5, 0.6) is 0 Å². The molecule has 4 heteroatoms. The molecule has 0 aliphatic carbocycles. The Bertz CT molecular complexity index is 3550. The lowest BCUT2D eigenvalue weighted by atomic mass is 9.99. The highest BCUT2D eigenvalue weighted by molar-refractivity contribution is 6.16. The fourth-order valence-corrected chi connectivity index (χ4v) is 9.44. The van der Waals surface area contributed by atoms with Gasteiger partial charge in [-0.05, 0) is 119 Å². The van der Waals surface area contributed by atoms with Gasteiger partial charge in [0.15, 0.2) is 0 Å². The summed E-state index contributed by atoms with van der Waals surface area (Å²) < 4.78 is 8.82. The van der Waals surface area contributed by atoms with Gasteiger partial charge in [-0.3, -0.25) is 0 Å². The Kier molecular flexibility index (Phi) is 9.12. The third kappa shape index (κ3) is 6.48. The second-order valence-electron chi connectivity index (χ2n) is 16.2. The van der Waals surface area contributed by atoms with Crippen molar-refractivity contribution in [1.82, 2.24) is 4.57 Å². The predicted octanol–water partition coefficient (Wildman–Crippen LogP) is 17.0. The third-order valence-electron chi connectivity index (χ3n) is 12.4. The molecule has 302 valence electrons. The van der Waals surface area contributed by atoms with E-state index >= 15 is 0 Å². The standard InChI is InChI=1S/C60H41N3O/c1-4-16-42(17-5-1)43-30-34-47(35-31-43)62(51-38-39-54-53-24-11-13-29-58(53)64-59(54)41-51)48-36-32-44(33-37-48)52-26-15-28-57-60(52)55-25-10-12-27-56(55)63(57)50-23-14-22-49(40-50)61(45-18-6-2-7-19-45)46-20-8-3-9-21-46/h1-41H. The van der Waals surface area contributed by atoms with Crippen LogP contribution in [0.15, 0.2) is 253 Å². The zero-order valence-corrected chi connectivity index (χ0v) is 34.9. The molecule has 0 atom stereocenters. The van der Waals surface area contributed by atoms with Crippen LogP contribution in [0.1, 0.15) is 0 Å². The maximum atomic E-state index is 6.41. The molecular weight excluding hydrogens is 779 g/mol. The molecule has 4 nitrogen and oxygen atoms in total. The monoisotopic (exact) mass is 819 g/mol. The minimum Gasteiger partial charge on any atom is -0.456 e. The molecule has 0 amide bonds. The Morgan fingerprint density at radius 2 is 0.781 bits per heavy atom. The van der Waals surface area contributed by atoms with E-state index < -0.39 is 0 Å². The van der Waals surface area contributed by atoms with Gasteiger partial charge in [0.25, 0.3) is 0 Å². The van der Waals surface area contributed by atoms with E-state index in [4.69, 9.17) is 4.42 Å². The topological polar surface area (TPSA) is 24.6 Å². The first-order valence-electron chi connectivity index (χ1n) is 21.8. The van der Waals surface area contributed by atoms with Gasteiger partial charge in [-0.25, -0.2) is 0 Å². The maximum Gasteiger partial charge on any atom is 0.137 e. The van der Waals surface area contributed by atoms with E-state index in [9.17, 15) is 0 Å². The van der Waals surface area contributed by atoms with Crippen molar-refractivity contribution in [2.45, 2.75) is 0 Å². The van der Waals surface area contributed by atoms with Crippen molar-refractivity contribution in [3.05, 3.63) is 249 Å². The first-order chi connectivity index (χ1) is 31.7. The number of para-hydroxylation sites is 4. The predicted molar refractivity (Wildman–Crippen MR) is 268 cm³/mol. The van der Waals surface area contributed by atoms with Gasteiger partial charge in [-0.2, -0.15) is 0 Å². The number of nitrogens with zero attached hydrogens (tertiary/aromatic N) is 3. The lowest BCUT2D eigenvalue weighted by Crippen LogP contribution is -2.10. The number of furan rings is 1. The number of benzene rings is 10. The van der Waals surface area contributed by atoms with E-state index in [0.29, 0.717) is 0 Å². The molecule has 2 aromatic heterocycles. The summed E-state index contributed by atoms with van der Waals surface area (Å²) in [7, 11) is 0. The normalized spacial score (nSPS) is 11.4. The van der Waals surface area contributed by atoms with E-state index in [-0.39, 0.29) is 0 Å². The van der Waals surface area contributed by atoms with Crippen molar-refractivity contribution >= 4 is 77.9 Å². The molecule has 0 bridgehead atoms. The smallest absolute Gasteiger partial charge is 0.137 e. The lowest BCUT2D eigenvalue weighted by Gasteiger charge is -2.26. The van der Waals surface area contributed by atoms with E-state index in [2.05, 4.69) is 251 Å². The van der Waals surface area contributed by atoms with Crippen LogP contribution in [0, 0.1) is 0 Å². The average molecular weight is 820 g/mol. The molecule has 0 saturated carbocycles. The Morgan fingerprint density at radius 1 is 0.297 bits per heavy atom. The summed E-state index contributed by atoms with van der Waals surface area (Å²) >= 11 is 0. The molecule has 0 aliphatic heterocycles. The van der Waals surface area contributed by atoms with Crippen molar-refractivity contribution in [3.63, 3.8) is 0 Å². The first kappa shape index (κ1) is 37.2. The largest absolute Gasteiger partial charge is 0.456 e. The van der Waals surface area contributed by atoms with E-state index in [1.807, 2.05) is 12.1 Å². The van der Waals surface area contributed by atoms with Crippen molar-refractivity contribution in [2.24, 2.45) is 0 Å². The van der Waals surface area contributed by atoms with Gasteiger partial charge in [-0.1, -0.05) is 146 Å². The summed E-state index contributed by atoms with van der Waals surface area (Å²) in [6, 6.07) is 88.7. The van der Waals surface area contributed by atoms with Crippen LogP contribution in [0.3, 0.4) is 0 Å². The molecule has 0 radical (unpaired) electrons. The minimum absolute atomic E-state index is 0.864. The summed E-state index contributed by atoms with van der Waals surface area (Å²) in [5, 5.41) is 4.67.